The Morgan fingerprint density at radius 2 is 1.50 bits per heavy atom. The molecule has 0 aliphatic carbocycles. The van der Waals surface area contributed by atoms with E-state index in [1.165, 1.54) is 11.4 Å². The first-order valence-corrected chi connectivity index (χ1v) is 8.35. The van der Waals surface area contributed by atoms with Gasteiger partial charge in [-0.1, -0.05) is 20.8 Å². The third-order valence-electron chi connectivity index (χ3n) is 1.36. The number of hydrogen-bond acceptors (Lipinski definition) is 4. The molecule has 0 saturated heterocycles. The maximum Gasteiger partial charge on any atom is 0.389 e. The number of hydrogen-bond donors (Lipinski definition) is 0. The second kappa shape index (κ2) is 8.78. The van der Waals surface area contributed by atoms with Crippen LogP contribution in [0.1, 0.15) is 40.0 Å². The zero-order valence-electron chi connectivity index (χ0n) is 9.32. The van der Waals surface area contributed by atoms with Crippen LogP contribution in [0.15, 0.2) is 0 Å². The van der Waals surface area contributed by atoms with Gasteiger partial charge in [-0.3, -0.25) is 0 Å². The minimum Gasteiger partial charge on any atom is -0.301 e. The van der Waals surface area contributed by atoms with E-state index in [9.17, 15) is 4.57 Å². The van der Waals surface area contributed by atoms with Crippen molar-refractivity contribution in [2.24, 2.45) is 0 Å². The van der Waals surface area contributed by atoms with Crippen LogP contribution in [0.5, 0.6) is 0 Å². The molecule has 0 aromatic rings. The molecule has 86 valence electrons. The molecule has 5 heteroatoms. The van der Waals surface area contributed by atoms with Crippen molar-refractivity contribution in [3.63, 3.8) is 0 Å². The minimum atomic E-state index is -2.85. The molecule has 0 radical (unpaired) electrons. The van der Waals surface area contributed by atoms with Gasteiger partial charge < -0.3 is 9.05 Å². The van der Waals surface area contributed by atoms with Gasteiger partial charge in [-0.2, -0.15) is 0 Å². The lowest BCUT2D eigenvalue weighted by Crippen LogP contribution is -1.96. The van der Waals surface area contributed by atoms with Crippen LogP contribution in [-0.4, -0.2) is 19.0 Å². The van der Waals surface area contributed by atoms with E-state index in [4.69, 9.17) is 9.05 Å². The van der Waals surface area contributed by atoms with Crippen LogP contribution in [-0.2, 0) is 13.6 Å². The summed E-state index contributed by atoms with van der Waals surface area (Å²) in [5.41, 5.74) is 0. The molecule has 0 aromatic heterocycles. The lowest BCUT2D eigenvalue weighted by molar-refractivity contribution is 0.220. The van der Waals surface area contributed by atoms with Gasteiger partial charge in [-0.05, 0) is 30.6 Å². The minimum absolute atomic E-state index is 0.512. The molecule has 0 fully saturated rings. The van der Waals surface area contributed by atoms with Crippen LogP contribution < -0.4 is 0 Å². The van der Waals surface area contributed by atoms with E-state index >= 15 is 0 Å². The molecule has 0 atom stereocenters. The zero-order chi connectivity index (χ0) is 10.9. The summed E-state index contributed by atoms with van der Waals surface area (Å²) in [7, 11) is 0. The summed E-state index contributed by atoms with van der Waals surface area (Å²) in [5.74, 6) is 0.824. The average Bonchev–Trinajstić information content (AvgIpc) is 2.21. The molecule has 0 aliphatic heterocycles. The third kappa shape index (κ3) is 6.88. The quantitative estimate of drug-likeness (QED) is 0.569. The Morgan fingerprint density at radius 3 is 1.86 bits per heavy atom. The second-order valence-electron chi connectivity index (χ2n) is 2.95. The first kappa shape index (κ1) is 14.5. The normalized spacial score (nSPS) is 11.9. The van der Waals surface area contributed by atoms with Crippen LogP contribution in [0.25, 0.3) is 0 Å². The van der Waals surface area contributed by atoms with Crippen molar-refractivity contribution in [2.45, 2.75) is 40.0 Å². The molecule has 14 heavy (non-hydrogen) atoms. The van der Waals surface area contributed by atoms with Gasteiger partial charge in [0.1, 0.15) is 0 Å². The van der Waals surface area contributed by atoms with Crippen LogP contribution >= 0.6 is 18.2 Å². The summed E-state index contributed by atoms with van der Waals surface area (Å²) in [6, 6.07) is 0. The van der Waals surface area contributed by atoms with Gasteiger partial charge >= 0.3 is 6.80 Å². The molecule has 0 bridgehead atoms. The molecule has 0 saturated carbocycles. The zero-order valence-corrected chi connectivity index (χ0v) is 11.0. The molecule has 0 heterocycles. The Bertz CT molecular complexity index is 147. The Kier molecular flexibility index (Phi) is 9.09. The summed E-state index contributed by atoms with van der Waals surface area (Å²) >= 11 is 1.31. The molecule has 0 aliphatic rings. The highest BCUT2D eigenvalue weighted by Gasteiger charge is 2.24. The van der Waals surface area contributed by atoms with Crippen molar-refractivity contribution in [1.82, 2.24) is 0 Å². The van der Waals surface area contributed by atoms with E-state index < -0.39 is 6.80 Å². The van der Waals surface area contributed by atoms with E-state index in [2.05, 4.69) is 6.92 Å². The van der Waals surface area contributed by atoms with Gasteiger partial charge in [-0.25, -0.2) is 4.57 Å². The van der Waals surface area contributed by atoms with Crippen LogP contribution in [0.4, 0.5) is 0 Å². The smallest absolute Gasteiger partial charge is 0.301 e. The summed E-state index contributed by atoms with van der Waals surface area (Å²) in [4.78, 5) is 0. The van der Waals surface area contributed by atoms with Crippen molar-refractivity contribution < 1.29 is 13.6 Å². The van der Waals surface area contributed by atoms with Gasteiger partial charge in [0.2, 0.25) is 0 Å². The lowest BCUT2D eigenvalue weighted by Gasteiger charge is -2.16. The predicted molar refractivity (Wildman–Crippen MR) is 62.8 cm³/mol. The number of rotatable bonds is 9. The fourth-order valence-corrected chi connectivity index (χ4v) is 4.28. The fraction of sp³-hybridized carbons (Fsp3) is 1.00. The second-order valence-corrected chi connectivity index (χ2v) is 7.14. The van der Waals surface area contributed by atoms with Gasteiger partial charge in [-0.15, -0.1) is 0 Å². The van der Waals surface area contributed by atoms with E-state index in [0.717, 1.165) is 25.0 Å². The van der Waals surface area contributed by atoms with E-state index in [1.54, 1.807) is 0 Å². The van der Waals surface area contributed by atoms with Crippen LogP contribution in [0.3, 0.4) is 0 Å². The molecule has 0 N–H and O–H groups in total. The molecule has 0 spiro atoms. The largest absolute Gasteiger partial charge is 0.389 e. The van der Waals surface area contributed by atoms with Gasteiger partial charge in [0.15, 0.2) is 0 Å². The van der Waals surface area contributed by atoms with E-state index in [0.29, 0.717) is 13.2 Å². The van der Waals surface area contributed by atoms with Crippen LogP contribution in [0, 0.1) is 0 Å². The Balaban J connectivity index is 3.97. The Morgan fingerprint density at radius 1 is 1.00 bits per heavy atom. The monoisotopic (exact) mass is 240 g/mol. The topological polar surface area (TPSA) is 35.5 Å². The summed E-state index contributed by atoms with van der Waals surface area (Å²) in [6.07, 6.45) is 2.72. The fourth-order valence-electron chi connectivity index (χ4n) is 0.721. The van der Waals surface area contributed by atoms with Crippen molar-refractivity contribution >= 4 is 18.2 Å². The molecule has 0 rings (SSSR count). The average molecular weight is 240 g/mol. The van der Waals surface area contributed by atoms with Gasteiger partial charge in [0.05, 0.1) is 13.2 Å². The SMILES string of the molecule is CCCOP(=O)(OCCC)SCCC. The maximum absolute atomic E-state index is 12.0. The standard InChI is InChI=1S/C9H21O3PS/c1-4-7-11-13(10,12-8-5-2)14-9-6-3/h4-9H2,1-3H3. The van der Waals surface area contributed by atoms with E-state index in [-0.39, 0.29) is 0 Å². The summed E-state index contributed by atoms with van der Waals surface area (Å²) < 4.78 is 22.6. The first-order valence-electron chi connectivity index (χ1n) is 5.22. The molecular formula is C9H21O3PS. The molecule has 0 aromatic carbocycles. The van der Waals surface area contributed by atoms with Crippen molar-refractivity contribution in [2.75, 3.05) is 19.0 Å². The highest BCUT2D eigenvalue weighted by atomic mass is 32.7. The van der Waals surface area contributed by atoms with Crippen molar-refractivity contribution in [3.8, 4) is 0 Å². The highest BCUT2D eigenvalue weighted by molar-refractivity contribution is 8.55. The Hall–Kier alpha value is 0.500. The molecule has 3 nitrogen and oxygen atoms in total. The molecule has 0 amide bonds. The summed E-state index contributed by atoms with van der Waals surface area (Å²) in [5, 5.41) is 0. The van der Waals surface area contributed by atoms with Crippen molar-refractivity contribution in [1.29, 1.82) is 0 Å². The highest BCUT2D eigenvalue weighted by Crippen LogP contribution is 2.60. The molecule has 0 unspecified atom stereocenters. The molecular weight excluding hydrogens is 219 g/mol. The maximum atomic E-state index is 12.0. The third-order valence-corrected chi connectivity index (χ3v) is 5.39. The first-order chi connectivity index (χ1) is 6.68. The lowest BCUT2D eigenvalue weighted by atomic mass is 10.5. The van der Waals surface area contributed by atoms with Gasteiger partial charge in [0.25, 0.3) is 0 Å². The summed E-state index contributed by atoms with van der Waals surface area (Å²) in [6.45, 7) is 4.21. The predicted octanol–water partition coefficient (Wildman–Crippen LogP) is 4.09. The van der Waals surface area contributed by atoms with Crippen molar-refractivity contribution in [3.05, 3.63) is 0 Å². The van der Waals surface area contributed by atoms with E-state index in [1.807, 2.05) is 13.8 Å². The van der Waals surface area contributed by atoms with Gasteiger partial charge in [0, 0.05) is 5.75 Å². The Labute approximate surface area is 91.2 Å². The van der Waals surface area contributed by atoms with Crippen LogP contribution in [0.2, 0.25) is 0 Å².